The lowest BCUT2D eigenvalue weighted by molar-refractivity contribution is -0.147. The molecule has 152 valence electrons. The minimum Gasteiger partial charge on any atom is -0.464 e. The quantitative estimate of drug-likeness (QED) is 0.282. The number of unbranched alkanes of at least 4 members (excludes halogenated alkanes) is 2. The third-order valence-corrected chi connectivity index (χ3v) is 4.48. The molecule has 10 nitrogen and oxygen atoms in total. The molecule has 1 aromatic rings. The highest BCUT2D eigenvalue weighted by Crippen LogP contribution is 2.28. The fourth-order valence-corrected chi connectivity index (χ4v) is 2.92. The van der Waals surface area contributed by atoms with Crippen LogP contribution < -0.4 is 0 Å². The fourth-order valence-electron chi connectivity index (χ4n) is 2.92. The zero-order valence-corrected chi connectivity index (χ0v) is 16.5. The summed E-state index contributed by atoms with van der Waals surface area (Å²) < 4.78 is 10.5. The topological polar surface area (TPSA) is 121 Å². The number of likely N-dealkylation sites (tertiary alicyclic amines) is 1. The van der Waals surface area contributed by atoms with Crippen molar-refractivity contribution in [2.24, 2.45) is 0 Å². The third-order valence-electron chi connectivity index (χ3n) is 4.48. The average molecular weight is 392 g/mol. The van der Waals surface area contributed by atoms with Gasteiger partial charge in [0.1, 0.15) is 0 Å². The molecule has 2 heterocycles. The Bertz CT molecular complexity index is 826. The van der Waals surface area contributed by atoms with E-state index in [-0.39, 0.29) is 23.8 Å². The van der Waals surface area contributed by atoms with E-state index in [1.165, 1.54) is 4.90 Å². The van der Waals surface area contributed by atoms with E-state index in [1.807, 2.05) is 6.92 Å². The van der Waals surface area contributed by atoms with Crippen molar-refractivity contribution in [2.45, 2.75) is 46.0 Å². The maximum atomic E-state index is 12.5. The lowest BCUT2D eigenvalue weighted by atomic mass is 10.0. The number of carbonyl (C=O) groups excluding carboxylic acids is 4. The molecular weight excluding hydrogens is 368 g/mol. The molecule has 1 fully saturated rings. The molecule has 1 aliphatic heterocycles. The van der Waals surface area contributed by atoms with Gasteiger partial charge in [0.05, 0.1) is 32.0 Å². The number of allylic oxidation sites excluding steroid dienone is 1. The molecule has 0 atom stereocenters. The van der Waals surface area contributed by atoms with Crippen LogP contribution in [-0.4, -0.2) is 64.4 Å². The molecule has 0 N–H and O–H groups in total. The lowest BCUT2D eigenvalue weighted by Gasteiger charge is -2.33. The maximum Gasteiger partial charge on any atom is 0.361 e. The molecule has 2 rings (SSSR count). The Kier molecular flexibility index (Phi) is 7.02. The first-order valence-electron chi connectivity index (χ1n) is 9.10. The van der Waals surface area contributed by atoms with Crippen molar-refractivity contribution < 1.29 is 28.7 Å². The summed E-state index contributed by atoms with van der Waals surface area (Å²) in [5, 5.41) is 7.55. The molecule has 2 amide bonds. The molecule has 0 saturated carbocycles. The highest BCUT2D eigenvalue weighted by atomic mass is 16.5. The van der Waals surface area contributed by atoms with Gasteiger partial charge in [0.2, 0.25) is 11.6 Å². The Balaban J connectivity index is 2.35. The van der Waals surface area contributed by atoms with Crippen LogP contribution in [0.15, 0.2) is 5.57 Å². The molecule has 1 saturated heterocycles. The van der Waals surface area contributed by atoms with Crippen LogP contribution in [0.3, 0.4) is 0 Å². The van der Waals surface area contributed by atoms with Gasteiger partial charge < -0.3 is 9.47 Å². The molecule has 0 unspecified atom stereocenters. The molecule has 1 aliphatic rings. The first kappa shape index (κ1) is 21.3. The smallest absolute Gasteiger partial charge is 0.361 e. The van der Waals surface area contributed by atoms with E-state index >= 15 is 0 Å². The van der Waals surface area contributed by atoms with Gasteiger partial charge in [0.15, 0.2) is 5.69 Å². The van der Waals surface area contributed by atoms with E-state index in [0.29, 0.717) is 24.1 Å². The second kappa shape index (κ2) is 9.25. The van der Waals surface area contributed by atoms with Crippen LogP contribution in [0.5, 0.6) is 0 Å². The number of rotatable bonds is 8. The van der Waals surface area contributed by atoms with Crippen molar-refractivity contribution in [2.75, 3.05) is 20.8 Å². The van der Waals surface area contributed by atoms with Gasteiger partial charge in [0.25, 0.3) is 5.91 Å². The van der Waals surface area contributed by atoms with Crippen molar-refractivity contribution in [1.29, 1.82) is 0 Å². The SMILES string of the molecule is CCCCCC(=O)N1C/C(=C(/CC)n2nnc(C(=O)OC)c2C(=O)OC)C1=O. The van der Waals surface area contributed by atoms with E-state index in [4.69, 9.17) is 4.74 Å². The summed E-state index contributed by atoms with van der Waals surface area (Å²) in [4.78, 5) is 49.9. The first-order chi connectivity index (χ1) is 13.4. The fraction of sp³-hybridized carbons (Fsp3) is 0.556. The van der Waals surface area contributed by atoms with Crippen LogP contribution in [0.1, 0.15) is 66.9 Å². The van der Waals surface area contributed by atoms with E-state index in [9.17, 15) is 19.2 Å². The normalized spacial score (nSPS) is 15.1. The number of nitrogens with zero attached hydrogens (tertiary/aromatic N) is 4. The zero-order chi connectivity index (χ0) is 20.8. The molecule has 0 bridgehead atoms. The van der Waals surface area contributed by atoms with Crippen LogP contribution in [0.25, 0.3) is 5.70 Å². The van der Waals surface area contributed by atoms with Crippen LogP contribution in [-0.2, 0) is 19.1 Å². The molecule has 0 spiro atoms. The van der Waals surface area contributed by atoms with Gasteiger partial charge in [-0.15, -0.1) is 5.10 Å². The maximum absolute atomic E-state index is 12.5. The minimum absolute atomic E-state index is 0.126. The van der Waals surface area contributed by atoms with E-state index in [2.05, 4.69) is 15.0 Å². The van der Waals surface area contributed by atoms with Crippen molar-refractivity contribution in [3.8, 4) is 0 Å². The van der Waals surface area contributed by atoms with Gasteiger partial charge >= 0.3 is 11.9 Å². The summed E-state index contributed by atoms with van der Waals surface area (Å²) in [6, 6.07) is 0. The Hall–Kier alpha value is -3.04. The summed E-state index contributed by atoms with van der Waals surface area (Å²) in [6.45, 7) is 3.93. The van der Waals surface area contributed by atoms with Crippen LogP contribution in [0.2, 0.25) is 0 Å². The largest absolute Gasteiger partial charge is 0.464 e. The Morgan fingerprint density at radius 1 is 1.07 bits per heavy atom. The summed E-state index contributed by atoms with van der Waals surface area (Å²) in [6.07, 6.45) is 3.28. The number of aromatic nitrogens is 3. The molecule has 28 heavy (non-hydrogen) atoms. The number of methoxy groups -OCH3 is 2. The number of ether oxygens (including phenoxy) is 2. The van der Waals surface area contributed by atoms with Gasteiger partial charge in [-0.2, -0.15) is 0 Å². The number of hydrogen-bond acceptors (Lipinski definition) is 8. The van der Waals surface area contributed by atoms with Gasteiger partial charge in [-0.25, -0.2) is 14.3 Å². The highest BCUT2D eigenvalue weighted by molar-refractivity contribution is 6.14. The number of carbonyl (C=O) groups is 4. The second-order valence-corrected chi connectivity index (χ2v) is 6.20. The van der Waals surface area contributed by atoms with Crippen LogP contribution >= 0.6 is 0 Å². The van der Waals surface area contributed by atoms with Crippen molar-refractivity contribution >= 4 is 29.5 Å². The van der Waals surface area contributed by atoms with Crippen LogP contribution in [0, 0.1) is 0 Å². The van der Waals surface area contributed by atoms with E-state index < -0.39 is 17.8 Å². The molecule has 0 radical (unpaired) electrons. The number of amides is 2. The predicted octanol–water partition coefficient (Wildman–Crippen LogP) is 1.42. The lowest BCUT2D eigenvalue weighted by Crippen LogP contribution is -2.50. The predicted molar refractivity (Wildman–Crippen MR) is 97.1 cm³/mol. The molecule has 10 heteroatoms. The number of esters is 2. The number of hydrogen-bond donors (Lipinski definition) is 0. The molecule has 0 aliphatic carbocycles. The molecule has 0 aromatic carbocycles. The summed E-state index contributed by atoms with van der Waals surface area (Å²) in [7, 11) is 2.31. The second-order valence-electron chi connectivity index (χ2n) is 6.20. The van der Waals surface area contributed by atoms with Crippen molar-refractivity contribution in [1.82, 2.24) is 19.9 Å². The van der Waals surface area contributed by atoms with Gasteiger partial charge in [-0.05, 0) is 12.8 Å². The summed E-state index contributed by atoms with van der Waals surface area (Å²) in [5.41, 5.74) is 0.197. The average Bonchev–Trinajstić information content (AvgIpc) is 3.13. The molecule has 1 aromatic heterocycles. The van der Waals surface area contributed by atoms with Gasteiger partial charge in [-0.1, -0.05) is 31.9 Å². The van der Waals surface area contributed by atoms with Crippen molar-refractivity contribution in [3.63, 3.8) is 0 Å². The number of imide groups is 1. The summed E-state index contributed by atoms with van der Waals surface area (Å²) >= 11 is 0. The zero-order valence-electron chi connectivity index (χ0n) is 16.5. The molecular formula is C18H24N4O6. The van der Waals surface area contributed by atoms with E-state index in [0.717, 1.165) is 38.2 Å². The third kappa shape index (κ3) is 3.95. The van der Waals surface area contributed by atoms with E-state index in [1.54, 1.807) is 6.92 Å². The minimum atomic E-state index is -0.847. The van der Waals surface area contributed by atoms with Crippen LogP contribution in [0.4, 0.5) is 0 Å². The monoisotopic (exact) mass is 392 g/mol. The number of β-lactam (4-membered cyclic amide) rings is 1. The standard InChI is InChI=1S/C18H24N4O6/c1-5-7-8-9-13(23)21-10-11(16(21)24)12(6-2)22-15(18(26)28-4)14(19-20-22)17(25)27-3/h5-10H2,1-4H3/b12-11+. The Morgan fingerprint density at radius 3 is 2.29 bits per heavy atom. The van der Waals surface area contributed by atoms with Gasteiger partial charge in [-0.3, -0.25) is 14.5 Å². The Morgan fingerprint density at radius 2 is 1.75 bits per heavy atom. The highest BCUT2D eigenvalue weighted by Gasteiger charge is 2.39. The van der Waals surface area contributed by atoms with Crippen molar-refractivity contribution in [3.05, 3.63) is 17.0 Å². The Labute approximate surface area is 162 Å². The first-order valence-corrected chi connectivity index (χ1v) is 9.10. The summed E-state index contributed by atoms with van der Waals surface area (Å²) in [5.74, 6) is -2.33. The van der Waals surface area contributed by atoms with Gasteiger partial charge in [0, 0.05) is 6.42 Å².